The first kappa shape index (κ1) is 18.7. The summed E-state index contributed by atoms with van der Waals surface area (Å²) in [7, 11) is 0. The van der Waals surface area contributed by atoms with Crippen molar-refractivity contribution in [3.8, 4) is 6.07 Å². The zero-order chi connectivity index (χ0) is 16.9. The molecular formula is C20H36N2O. The summed E-state index contributed by atoms with van der Waals surface area (Å²) in [5, 5.41) is 20.8. The molecule has 2 saturated carbocycles. The van der Waals surface area contributed by atoms with E-state index in [1.807, 2.05) is 0 Å². The van der Waals surface area contributed by atoms with E-state index < -0.39 is 6.10 Å². The van der Waals surface area contributed by atoms with Crippen LogP contribution in [0.3, 0.4) is 0 Å². The number of aliphatic hydroxyl groups is 1. The topological polar surface area (TPSA) is 47.3 Å². The van der Waals surface area contributed by atoms with Gasteiger partial charge >= 0.3 is 0 Å². The first-order valence-corrected chi connectivity index (χ1v) is 9.78. The van der Waals surface area contributed by atoms with E-state index in [4.69, 9.17) is 0 Å². The molecule has 0 aromatic carbocycles. The molecule has 3 nitrogen and oxygen atoms in total. The van der Waals surface area contributed by atoms with E-state index >= 15 is 0 Å². The minimum absolute atomic E-state index is 0.0759. The quantitative estimate of drug-likeness (QED) is 0.811. The summed E-state index contributed by atoms with van der Waals surface area (Å²) in [6.07, 6.45) is 11.9. The van der Waals surface area contributed by atoms with Crippen LogP contribution in [0, 0.1) is 23.2 Å². The Bertz CT molecular complexity index is 383. The molecule has 0 radical (unpaired) electrons. The third kappa shape index (κ3) is 5.19. The lowest BCUT2D eigenvalue weighted by Crippen LogP contribution is -2.55. The molecule has 0 spiro atoms. The van der Waals surface area contributed by atoms with Crippen molar-refractivity contribution in [3.63, 3.8) is 0 Å². The highest BCUT2D eigenvalue weighted by atomic mass is 16.3. The number of rotatable bonds is 5. The van der Waals surface area contributed by atoms with Crippen molar-refractivity contribution >= 4 is 0 Å². The van der Waals surface area contributed by atoms with Gasteiger partial charge in [-0.05, 0) is 58.3 Å². The molecule has 2 aliphatic carbocycles. The third-order valence-electron chi connectivity index (χ3n) is 5.97. The van der Waals surface area contributed by atoms with E-state index in [9.17, 15) is 10.4 Å². The molecule has 3 heteroatoms. The molecule has 2 atom stereocenters. The SMILES string of the molecule is CC(C)(C)N(CC1CCCCC1)[C@H](C#N)[C@@H](O)C1CCCCC1. The van der Waals surface area contributed by atoms with Crippen molar-refractivity contribution in [2.45, 2.75) is 103 Å². The Labute approximate surface area is 143 Å². The Morgan fingerprint density at radius 1 is 1.00 bits per heavy atom. The molecular weight excluding hydrogens is 284 g/mol. The van der Waals surface area contributed by atoms with Gasteiger partial charge in [0.15, 0.2) is 0 Å². The molecule has 2 rings (SSSR count). The van der Waals surface area contributed by atoms with Gasteiger partial charge in [-0.1, -0.05) is 38.5 Å². The van der Waals surface area contributed by atoms with Crippen molar-refractivity contribution in [1.29, 1.82) is 5.26 Å². The lowest BCUT2D eigenvalue weighted by Gasteiger charge is -2.44. The monoisotopic (exact) mass is 320 g/mol. The molecule has 0 unspecified atom stereocenters. The van der Waals surface area contributed by atoms with Gasteiger partial charge in [-0.2, -0.15) is 5.26 Å². The van der Waals surface area contributed by atoms with Crippen LogP contribution in [0.5, 0.6) is 0 Å². The molecule has 0 bridgehead atoms. The van der Waals surface area contributed by atoms with Crippen molar-refractivity contribution < 1.29 is 5.11 Å². The second kappa shape index (κ2) is 8.49. The maximum Gasteiger partial charge on any atom is 0.125 e. The van der Waals surface area contributed by atoms with Crippen LogP contribution >= 0.6 is 0 Å². The summed E-state index contributed by atoms with van der Waals surface area (Å²) in [6.45, 7) is 7.53. The van der Waals surface area contributed by atoms with E-state index in [0.717, 1.165) is 19.4 Å². The molecule has 23 heavy (non-hydrogen) atoms. The Balaban J connectivity index is 2.09. The maximum absolute atomic E-state index is 10.9. The lowest BCUT2D eigenvalue weighted by molar-refractivity contribution is -0.0226. The average Bonchev–Trinajstić information content (AvgIpc) is 2.55. The zero-order valence-corrected chi connectivity index (χ0v) is 15.4. The van der Waals surface area contributed by atoms with E-state index in [1.165, 1.54) is 51.4 Å². The molecule has 2 aliphatic rings. The van der Waals surface area contributed by atoms with Crippen LogP contribution in [-0.4, -0.2) is 34.2 Å². The van der Waals surface area contributed by atoms with Crippen LogP contribution < -0.4 is 0 Å². The van der Waals surface area contributed by atoms with Crippen LogP contribution in [0.2, 0.25) is 0 Å². The average molecular weight is 321 g/mol. The third-order valence-corrected chi connectivity index (χ3v) is 5.97. The Kier molecular flexibility index (Phi) is 6.92. The van der Waals surface area contributed by atoms with Gasteiger partial charge in [-0.15, -0.1) is 0 Å². The summed E-state index contributed by atoms with van der Waals surface area (Å²) in [4.78, 5) is 2.31. The first-order chi connectivity index (χ1) is 10.9. The summed E-state index contributed by atoms with van der Waals surface area (Å²) in [5.41, 5.74) is -0.0759. The molecule has 2 fully saturated rings. The molecule has 0 saturated heterocycles. The van der Waals surface area contributed by atoms with Gasteiger partial charge in [-0.25, -0.2) is 0 Å². The van der Waals surface area contributed by atoms with Crippen LogP contribution in [0.1, 0.15) is 85.0 Å². The second-order valence-electron chi connectivity index (χ2n) is 8.79. The molecule has 1 N–H and O–H groups in total. The molecule has 0 aromatic rings. The van der Waals surface area contributed by atoms with Crippen LogP contribution in [0.15, 0.2) is 0 Å². The summed E-state index contributed by atoms with van der Waals surface area (Å²) < 4.78 is 0. The highest BCUT2D eigenvalue weighted by Crippen LogP contribution is 2.33. The highest BCUT2D eigenvalue weighted by molar-refractivity contribution is 5.03. The number of nitriles is 1. The van der Waals surface area contributed by atoms with Crippen molar-refractivity contribution in [1.82, 2.24) is 4.90 Å². The van der Waals surface area contributed by atoms with Crippen molar-refractivity contribution in [2.75, 3.05) is 6.54 Å². The molecule has 132 valence electrons. The molecule has 0 heterocycles. The predicted octanol–water partition coefficient (Wildman–Crippen LogP) is 4.50. The minimum Gasteiger partial charge on any atom is -0.390 e. The highest BCUT2D eigenvalue weighted by Gasteiger charge is 2.38. The number of nitrogens with zero attached hydrogens (tertiary/aromatic N) is 2. The summed E-state index contributed by atoms with van der Waals surface area (Å²) in [6, 6.07) is 2.11. The maximum atomic E-state index is 10.9. The van der Waals surface area contributed by atoms with Crippen LogP contribution in [0.4, 0.5) is 0 Å². The standard InChI is InChI=1S/C20H36N2O/c1-20(2,3)22(15-16-10-6-4-7-11-16)18(14-21)19(23)17-12-8-5-9-13-17/h16-19,23H,4-13,15H2,1-3H3/t18-,19+/m1/s1. The number of aliphatic hydroxyl groups excluding tert-OH is 1. The Morgan fingerprint density at radius 2 is 1.52 bits per heavy atom. The Morgan fingerprint density at radius 3 is 2.00 bits per heavy atom. The van der Waals surface area contributed by atoms with E-state index in [-0.39, 0.29) is 11.6 Å². The zero-order valence-electron chi connectivity index (χ0n) is 15.4. The van der Waals surface area contributed by atoms with Gasteiger partial charge in [0.05, 0.1) is 12.2 Å². The van der Waals surface area contributed by atoms with Gasteiger partial charge in [0.1, 0.15) is 6.04 Å². The largest absolute Gasteiger partial charge is 0.390 e. The van der Waals surface area contributed by atoms with E-state index in [2.05, 4.69) is 31.7 Å². The Hall–Kier alpha value is -0.590. The fourth-order valence-corrected chi connectivity index (χ4v) is 4.52. The van der Waals surface area contributed by atoms with Gasteiger partial charge in [0.2, 0.25) is 0 Å². The van der Waals surface area contributed by atoms with Crippen LogP contribution in [-0.2, 0) is 0 Å². The lowest BCUT2D eigenvalue weighted by atomic mass is 9.81. The summed E-state index contributed by atoms with van der Waals surface area (Å²) in [5.74, 6) is 1.00. The van der Waals surface area contributed by atoms with E-state index in [0.29, 0.717) is 11.8 Å². The number of hydrogen-bond acceptors (Lipinski definition) is 3. The van der Waals surface area contributed by atoms with E-state index in [1.54, 1.807) is 0 Å². The fourth-order valence-electron chi connectivity index (χ4n) is 4.52. The number of hydrogen-bond donors (Lipinski definition) is 1. The normalized spacial score (nSPS) is 24.3. The molecule has 0 aromatic heterocycles. The molecule has 0 amide bonds. The first-order valence-electron chi connectivity index (χ1n) is 9.78. The molecule has 0 aliphatic heterocycles. The smallest absolute Gasteiger partial charge is 0.125 e. The summed E-state index contributed by atoms with van der Waals surface area (Å²) >= 11 is 0. The fraction of sp³-hybridized carbons (Fsp3) is 0.950. The van der Waals surface area contributed by atoms with Gasteiger partial charge in [0, 0.05) is 12.1 Å². The van der Waals surface area contributed by atoms with Crippen molar-refractivity contribution in [2.24, 2.45) is 11.8 Å². The minimum atomic E-state index is -0.497. The van der Waals surface area contributed by atoms with Gasteiger partial charge in [0.25, 0.3) is 0 Å². The predicted molar refractivity (Wildman–Crippen MR) is 95.0 cm³/mol. The van der Waals surface area contributed by atoms with Crippen LogP contribution in [0.25, 0.3) is 0 Å². The van der Waals surface area contributed by atoms with Gasteiger partial charge in [-0.3, -0.25) is 4.90 Å². The van der Waals surface area contributed by atoms with Crippen molar-refractivity contribution in [3.05, 3.63) is 0 Å². The second-order valence-corrected chi connectivity index (χ2v) is 8.79. The van der Waals surface area contributed by atoms with Gasteiger partial charge < -0.3 is 5.11 Å².